The molecule has 0 bridgehead atoms. The third-order valence-electron chi connectivity index (χ3n) is 2.76. The van der Waals surface area contributed by atoms with Crippen LogP contribution in [0.5, 0.6) is 0 Å². The Bertz CT molecular complexity index is 505. The van der Waals surface area contributed by atoms with Crippen molar-refractivity contribution in [3.05, 3.63) is 41.0 Å². The lowest BCUT2D eigenvalue weighted by molar-refractivity contribution is -0.137. The van der Waals surface area contributed by atoms with Crippen LogP contribution in [0.4, 0.5) is 0 Å². The van der Waals surface area contributed by atoms with Gasteiger partial charge in [-0.15, -0.1) is 0 Å². The highest BCUT2D eigenvalue weighted by atomic mass is 16.4. The maximum Gasteiger partial charge on any atom is 0.308 e. The largest absolute Gasteiger partial charge is 0.481 e. The molecule has 88 valence electrons. The number of hydrogen-bond acceptors (Lipinski definition) is 2. The first-order valence-corrected chi connectivity index (χ1v) is 5.33. The number of fused-ring (bicyclic) bond motifs is 1. The van der Waals surface area contributed by atoms with Crippen molar-refractivity contribution in [1.82, 2.24) is 4.90 Å². The van der Waals surface area contributed by atoms with Gasteiger partial charge >= 0.3 is 5.97 Å². The summed E-state index contributed by atoms with van der Waals surface area (Å²) in [5.41, 5.74) is 2.27. The van der Waals surface area contributed by atoms with E-state index in [-0.39, 0.29) is 12.3 Å². The summed E-state index contributed by atoms with van der Waals surface area (Å²) in [7, 11) is 1.68. The zero-order chi connectivity index (χ0) is 12.4. The van der Waals surface area contributed by atoms with Crippen LogP contribution >= 0.6 is 0 Å². The van der Waals surface area contributed by atoms with Gasteiger partial charge in [-0.3, -0.25) is 9.59 Å². The van der Waals surface area contributed by atoms with Gasteiger partial charge in [0.05, 0.1) is 6.42 Å². The molecule has 1 aliphatic heterocycles. The van der Waals surface area contributed by atoms with Gasteiger partial charge in [0.2, 0.25) is 5.91 Å². The van der Waals surface area contributed by atoms with Crippen molar-refractivity contribution in [1.29, 1.82) is 0 Å². The lowest BCUT2D eigenvalue weighted by Gasteiger charge is -2.16. The molecule has 0 aliphatic carbocycles. The Morgan fingerprint density at radius 3 is 2.82 bits per heavy atom. The fourth-order valence-electron chi connectivity index (χ4n) is 1.93. The van der Waals surface area contributed by atoms with Crippen LogP contribution in [0.3, 0.4) is 0 Å². The van der Waals surface area contributed by atoms with Gasteiger partial charge in [-0.1, -0.05) is 24.3 Å². The molecule has 1 aliphatic rings. The van der Waals surface area contributed by atoms with Crippen LogP contribution < -0.4 is 0 Å². The fourth-order valence-corrected chi connectivity index (χ4v) is 1.93. The minimum Gasteiger partial charge on any atom is -0.481 e. The number of carboxylic acid groups (broad SMARTS) is 1. The maximum absolute atomic E-state index is 11.9. The van der Waals surface area contributed by atoms with Gasteiger partial charge in [0, 0.05) is 19.2 Å². The minimum atomic E-state index is -0.989. The van der Waals surface area contributed by atoms with Crippen molar-refractivity contribution in [2.75, 3.05) is 7.05 Å². The first-order valence-electron chi connectivity index (χ1n) is 5.33. The highest BCUT2D eigenvalue weighted by molar-refractivity contribution is 6.02. The van der Waals surface area contributed by atoms with Crippen molar-refractivity contribution in [3.63, 3.8) is 0 Å². The van der Waals surface area contributed by atoms with E-state index in [4.69, 9.17) is 5.11 Å². The molecule has 0 radical (unpaired) electrons. The molecule has 0 atom stereocenters. The Kier molecular flexibility index (Phi) is 2.95. The van der Waals surface area contributed by atoms with Gasteiger partial charge in [-0.25, -0.2) is 0 Å². The van der Waals surface area contributed by atoms with Crippen molar-refractivity contribution >= 4 is 18.0 Å². The molecule has 17 heavy (non-hydrogen) atoms. The molecule has 2 rings (SSSR count). The maximum atomic E-state index is 11.9. The first-order chi connectivity index (χ1) is 8.08. The van der Waals surface area contributed by atoms with Gasteiger partial charge in [-0.05, 0) is 17.2 Å². The first kappa shape index (κ1) is 11.4. The molecule has 1 aromatic rings. The number of carboxylic acids is 1. The molecule has 0 spiro atoms. The van der Waals surface area contributed by atoms with Gasteiger partial charge in [0.15, 0.2) is 0 Å². The molecule has 1 N–H and O–H groups in total. The number of likely N-dealkylation sites (N-methyl/N-ethyl adjacent to an activating group) is 1. The molecule has 1 heterocycles. The SMILES string of the molecule is CN1Cc2ccccc2C=C(CC(=O)O)C1=O. The summed E-state index contributed by atoms with van der Waals surface area (Å²) in [5, 5.41) is 8.80. The van der Waals surface area contributed by atoms with E-state index in [1.807, 2.05) is 24.3 Å². The Labute approximate surface area is 99.2 Å². The van der Waals surface area contributed by atoms with Gasteiger partial charge in [0.25, 0.3) is 0 Å². The molecule has 0 saturated carbocycles. The van der Waals surface area contributed by atoms with Crippen molar-refractivity contribution in [3.8, 4) is 0 Å². The van der Waals surface area contributed by atoms with Crippen LogP contribution in [-0.2, 0) is 16.1 Å². The van der Waals surface area contributed by atoms with Crippen molar-refractivity contribution in [2.45, 2.75) is 13.0 Å². The average Bonchev–Trinajstić information content (AvgIpc) is 2.38. The van der Waals surface area contributed by atoms with E-state index in [9.17, 15) is 9.59 Å². The number of nitrogens with zero attached hydrogens (tertiary/aromatic N) is 1. The second kappa shape index (κ2) is 4.41. The summed E-state index contributed by atoms with van der Waals surface area (Å²) in [6.45, 7) is 0.509. The summed E-state index contributed by atoms with van der Waals surface area (Å²) < 4.78 is 0. The van der Waals surface area contributed by atoms with Gasteiger partial charge in [-0.2, -0.15) is 0 Å². The predicted molar refractivity (Wildman–Crippen MR) is 63.1 cm³/mol. The fraction of sp³-hybridized carbons (Fsp3) is 0.231. The Balaban J connectivity index is 2.46. The monoisotopic (exact) mass is 231 g/mol. The quantitative estimate of drug-likeness (QED) is 0.839. The van der Waals surface area contributed by atoms with E-state index in [2.05, 4.69) is 0 Å². The molecule has 0 aromatic heterocycles. The summed E-state index contributed by atoms with van der Waals surface area (Å²) in [6, 6.07) is 7.62. The number of rotatable bonds is 2. The molecular formula is C13H13NO3. The predicted octanol–water partition coefficient (Wildman–Crippen LogP) is 1.52. The number of carbonyl (C=O) groups is 2. The van der Waals surface area contributed by atoms with Crippen LogP contribution in [0, 0.1) is 0 Å². The second-order valence-corrected chi connectivity index (χ2v) is 4.10. The smallest absolute Gasteiger partial charge is 0.308 e. The number of amides is 1. The molecule has 4 nitrogen and oxygen atoms in total. The average molecular weight is 231 g/mol. The van der Waals surface area contributed by atoms with Gasteiger partial charge < -0.3 is 10.0 Å². The Hall–Kier alpha value is -2.10. The summed E-state index contributed by atoms with van der Waals surface area (Å²) in [4.78, 5) is 24.2. The lowest BCUT2D eigenvalue weighted by Crippen LogP contribution is -2.27. The van der Waals surface area contributed by atoms with E-state index in [1.165, 1.54) is 0 Å². The number of aliphatic carboxylic acids is 1. The van der Waals surface area contributed by atoms with Crippen LogP contribution in [0.25, 0.3) is 6.08 Å². The molecule has 4 heteroatoms. The third-order valence-corrected chi connectivity index (χ3v) is 2.76. The zero-order valence-electron chi connectivity index (χ0n) is 9.51. The molecule has 0 unspecified atom stereocenters. The zero-order valence-corrected chi connectivity index (χ0v) is 9.51. The normalized spacial score (nSPS) is 15.0. The van der Waals surface area contributed by atoms with E-state index >= 15 is 0 Å². The van der Waals surface area contributed by atoms with E-state index in [0.717, 1.165) is 11.1 Å². The van der Waals surface area contributed by atoms with Gasteiger partial charge in [0.1, 0.15) is 0 Å². The lowest BCUT2D eigenvalue weighted by atomic mass is 10.0. The standard InChI is InChI=1S/C13H13NO3/c1-14-8-10-5-3-2-4-9(10)6-11(13(14)17)7-12(15)16/h2-6H,7-8H2,1H3,(H,15,16). The van der Waals surface area contributed by atoms with Crippen LogP contribution in [0.2, 0.25) is 0 Å². The summed E-state index contributed by atoms with van der Waals surface area (Å²) in [5.74, 6) is -1.21. The number of benzene rings is 1. The third kappa shape index (κ3) is 2.36. The highest BCUT2D eigenvalue weighted by Crippen LogP contribution is 2.22. The number of hydrogen-bond donors (Lipinski definition) is 1. The van der Waals surface area contributed by atoms with Crippen molar-refractivity contribution in [2.24, 2.45) is 0 Å². The molecule has 1 amide bonds. The summed E-state index contributed by atoms with van der Waals surface area (Å²) in [6.07, 6.45) is 1.44. The van der Waals surface area contributed by atoms with Crippen LogP contribution in [0.1, 0.15) is 17.5 Å². The molecule has 0 saturated heterocycles. The topological polar surface area (TPSA) is 57.6 Å². The van der Waals surface area contributed by atoms with Crippen LogP contribution in [0.15, 0.2) is 29.8 Å². The van der Waals surface area contributed by atoms with Crippen LogP contribution in [-0.4, -0.2) is 28.9 Å². The van der Waals surface area contributed by atoms with E-state index < -0.39 is 5.97 Å². The Morgan fingerprint density at radius 2 is 2.12 bits per heavy atom. The Morgan fingerprint density at radius 1 is 1.41 bits per heavy atom. The molecule has 1 aromatic carbocycles. The second-order valence-electron chi connectivity index (χ2n) is 4.10. The van der Waals surface area contributed by atoms with Crippen molar-refractivity contribution < 1.29 is 14.7 Å². The number of carbonyl (C=O) groups excluding carboxylic acids is 1. The summed E-state index contributed by atoms with van der Waals surface area (Å²) >= 11 is 0. The molecular weight excluding hydrogens is 218 g/mol. The minimum absolute atomic E-state index is 0.219. The highest BCUT2D eigenvalue weighted by Gasteiger charge is 2.21. The van der Waals surface area contributed by atoms with E-state index in [0.29, 0.717) is 12.1 Å². The molecule has 0 fully saturated rings. The van der Waals surface area contributed by atoms with E-state index in [1.54, 1.807) is 18.0 Å².